The standard InChI is InChI=1S/C13H29B/c1-8-12(5)14(7,10-11(3)4)13(6)9-2/h11-13H,7-10H2,1-6H3. The van der Waals surface area contributed by atoms with Crippen LogP contribution in [0.2, 0.25) is 18.0 Å². The Kier molecular flexibility index (Phi) is 5.70. The second kappa shape index (κ2) is 5.73. The van der Waals surface area contributed by atoms with E-state index >= 15 is 0 Å². The van der Waals surface area contributed by atoms with Crippen LogP contribution in [0.5, 0.6) is 0 Å². The third-order valence-corrected chi connectivity index (χ3v) is 4.46. The fourth-order valence-electron chi connectivity index (χ4n) is 2.84. The van der Waals surface area contributed by atoms with Gasteiger partial charge in [-0.2, -0.15) is 0 Å². The van der Waals surface area contributed by atoms with Crippen LogP contribution in [0.3, 0.4) is 0 Å². The minimum absolute atomic E-state index is 0.412. The van der Waals surface area contributed by atoms with Gasteiger partial charge in [0, 0.05) is 0 Å². The zero-order chi connectivity index (χ0) is 11.4. The maximum Gasteiger partial charge on any atom is 0.199 e. The monoisotopic (exact) mass is 196 g/mol. The van der Waals surface area contributed by atoms with Gasteiger partial charge in [0.25, 0.3) is 0 Å². The number of hydrogen-bond acceptors (Lipinski definition) is 0. The SMILES string of the molecule is [CH2+][B-](CC(C)C)(C(C)CC)C(C)CC. The summed E-state index contributed by atoms with van der Waals surface area (Å²) in [5, 5.41) is 0. The van der Waals surface area contributed by atoms with Gasteiger partial charge in [-0.15, -0.1) is 24.8 Å². The number of rotatable bonds is 6. The molecule has 84 valence electrons. The predicted octanol–water partition coefficient (Wildman–Crippen LogP) is 5.06. The molecule has 0 spiro atoms. The fourth-order valence-corrected chi connectivity index (χ4v) is 2.84. The maximum atomic E-state index is 4.61. The van der Waals surface area contributed by atoms with E-state index in [4.69, 9.17) is 0 Å². The van der Waals surface area contributed by atoms with E-state index in [-0.39, 0.29) is 0 Å². The van der Waals surface area contributed by atoms with E-state index in [9.17, 15) is 0 Å². The molecule has 0 amide bonds. The summed E-state index contributed by atoms with van der Waals surface area (Å²) in [6, 6.07) is 0. The molecule has 0 bridgehead atoms. The Morgan fingerprint density at radius 2 is 1.29 bits per heavy atom. The van der Waals surface area contributed by atoms with Crippen LogP contribution in [0.4, 0.5) is 0 Å². The zero-order valence-corrected chi connectivity index (χ0v) is 11.1. The molecule has 0 radical (unpaired) electrons. The first-order chi connectivity index (χ1) is 6.38. The molecule has 2 unspecified atom stereocenters. The van der Waals surface area contributed by atoms with E-state index < -0.39 is 6.15 Å². The van der Waals surface area contributed by atoms with Gasteiger partial charge in [-0.1, -0.05) is 60.3 Å². The quantitative estimate of drug-likeness (QED) is 0.411. The second-order valence-electron chi connectivity index (χ2n) is 5.82. The van der Waals surface area contributed by atoms with Crippen LogP contribution in [0.25, 0.3) is 0 Å². The summed E-state index contributed by atoms with van der Waals surface area (Å²) < 4.78 is 0. The molecular weight excluding hydrogens is 167 g/mol. The molecule has 14 heavy (non-hydrogen) atoms. The summed E-state index contributed by atoms with van der Waals surface area (Å²) >= 11 is 0. The van der Waals surface area contributed by atoms with Crippen LogP contribution >= 0.6 is 0 Å². The first-order valence-electron chi connectivity index (χ1n) is 6.43. The topological polar surface area (TPSA) is 0 Å². The van der Waals surface area contributed by atoms with E-state index in [2.05, 4.69) is 48.4 Å². The van der Waals surface area contributed by atoms with Crippen LogP contribution < -0.4 is 0 Å². The molecule has 0 aromatic rings. The van der Waals surface area contributed by atoms with Crippen molar-refractivity contribution in [3.05, 3.63) is 6.82 Å². The largest absolute Gasteiger partial charge is 0.199 e. The van der Waals surface area contributed by atoms with Gasteiger partial charge in [-0.3, -0.25) is 0 Å². The lowest BCUT2D eigenvalue weighted by Crippen LogP contribution is -2.41. The Morgan fingerprint density at radius 1 is 0.929 bits per heavy atom. The molecule has 0 rings (SSSR count). The summed E-state index contributed by atoms with van der Waals surface area (Å²) in [6.07, 6.45) is 3.47. The van der Waals surface area contributed by atoms with Crippen LogP contribution in [0.1, 0.15) is 54.4 Å². The summed E-state index contributed by atoms with van der Waals surface area (Å²) in [6.45, 7) is 18.6. The Bertz CT molecular complexity index is 141. The molecule has 0 aromatic heterocycles. The molecule has 0 aliphatic heterocycles. The van der Waals surface area contributed by atoms with E-state index in [1.807, 2.05) is 0 Å². The average Bonchev–Trinajstić information content (AvgIpc) is 2.13. The lowest BCUT2D eigenvalue weighted by atomic mass is 9.12. The van der Waals surface area contributed by atoms with E-state index in [1.54, 1.807) is 0 Å². The highest BCUT2D eigenvalue weighted by atomic mass is 14.1. The van der Waals surface area contributed by atoms with Crippen molar-refractivity contribution in [2.24, 2.45) is 5.92 Å². The zero-order valence-electron chi connectivity index (χ0n) is 11.1. The van der Waals surface area contributed by atoms with Crippen molar-refractivity contribution in [2.45, 2.75) is 72.3 Å². The van der Waals surface area contributed by atoms with Crippen LogP contribution in [-0.4, -0.2) is 6.15 Å². The first-order valence-corrected chi connectivity index (χ1v) is 6.43. The van der Waals surface area contributed by atoms with Crippen molar-refractivity contribution in [3.8, 4) is 0 Å². The lowest BCUT2D eigenvalue weighted by molar-refractivity contribution is 0.670. The normalized spacial score (nSPS) is 20.5. The van der Waals surface area contributed by atoms with Gasteiger partial charge in [0.1, 0.15) is 0 Å². The van der Waals surface area contributed by atoms with Crippen molar-refractivity contribution in [1.29, 1.82) is 0 Å². The van der Waals surface area contributed by atoms with E-state index in [1.165, 1.54) is 19.2 Å². The highest BCUT2D eigenvalue weighted by Crippen LogP contribution is 2.40. The van der Waals surface area contributed by atoms with Gasteiger partial charge in [0.15, 0.2) is 6.15 Å². The molecule has 0 N–H and O–H groups in total. The second-order valence-corrected chi connectivity index (χ2v) is 5.82. The van der Waals surface area contributed by atoms with Gasteiger partial charge < -0.3 is 0 Å². The molecular formula is C13H29B. The summed E-state index contributed by atoms with van der Waals surface area (Å²) in [4.78, 5) is 0. The average molecular weight is 196 g/mol. The molecule has 0 aliphatic rings. The van der Waals surface area contributed by atoms with Crippen LogP contribution in [0.15, 0.2) is 0 Å². The Balaban J connectivity index is 4.65. The molecule has 0 aliphatic carbocycles. The third-order valence-electron chi connectivity index (χ3n) is 4.46. The minimum Gasteiger partial charge on any atom is -0.133 e. The fraction of sp³-hybridized carbons (Fsp3) is 0.923. The van der Waals surface area contributed by atoms with Gasteiger partial charge in [-0.25, -0.2) is 0 Å². The van der Waals surface area contributed by atoms with Gasteiger partial charge >= 0.3 is 0 Å². The smallest absolute Gasteiger partial charge is 0.133 e. The Labute approximate surface area is 91.8 Å². The van der Waals surface area contributed by atoms with Crippen molar-refractivity contribution >= 4 is 6.15 Å². The van der Waals surface area contributed by atoms with E-state index in [0.29, 0.717) is 0 Å². The molecule has 0 saturated heterocycles. The van der Waals surface area contributed by atoms with E-state index in [0.717, 1.165) is 17.6 Å². The third kappa shape index (κ3) is 3.26. The summed E-state index contributed by atoms with van der Waals surface area (Å²) in [5.41, 5.74) is 0. The van der Waals surface area contributed by atoms with Crippen molar-refractivity contribution in [3.63, 3.8) is 0 Å². The highest BCUT2D eigenvalue weighted by Gasteiger charge is 2.38. The van der Waals surface area contributed by atoms with Crippen LogP contribution in [0, 0.1) is 12.7 Å². The molecule has 0 fully saturated rings. The van der Waals surface area contributed by atoms with Crippen molar-refractivity contribution in [1.82, 2.24) is 0 Å². The van der Waals surface area contributed by atoms with Gasteiger partial charge in [0.2, 0.25) is 0 Å². The molecule has 0 nitrogen and oxygen atoms in total. The number of hydrogen-bond donors (Lipinski definition) is 0. The van der Waals surface area contributed by atoms with Crippen LogP contribution in [-0.2, 0) is 0 Å². The molecule has 1 heteroatoms. The predicted molar refractivity (Wildman–Crippen MR) is 70.2 cm³/mol. The molecule has 0 saturated carbocycles. The maximum absolute atomic E-state index is 4.61. The molecule has 0 heterocycles. The lowest BCUT2D eigenvalue weighted by Gasteiger charge is -2.40. The highest BCUT2D eigenvalue weighted by molar-refractivity contribution is 6.84. The Morgan fingerprint density at radius 3 is 1.50 bits per heavy atom. The van der Waals surface area contributed by atoms with Gasteiger partial charge in [0.05, 0.1) is 0 Å². The van der Waals surface area contributed by atoms with Gasteiger partial charge in [-0.05, 0) is 0 Å². The minimum atomic E-state index is -0.412. The summed E-state index contributed by atoms with van der Waals surface area (Å²) in [5.74, 6) is 2.38. The molecule has 0 aromatic carbocycles. The van der Waals surface area contributed by atoms with Crippen molar-refractivity contribution in [2.75, 3.05) is 0 Å². The Hall–Kier alpha value is -0.0651. The summed E-state index contributed by atoms with van der Waals surface area (Å²) in [7, 11) is 0. The molecule has 2 atom stereocenters. The first kappa shape index (κ1) is 13.9. The van der Waals surface area contributed by atoms with Crippen molar-refractivity contribution < 1.29 is 0 Å².